The van der Waals surface area contributed by atoms with Crippen molar-refractivity contribution < 1.29 is 27.5 Å². The third-order valence-electron chi connectivity index (χ3n) is 3.70. The number of benzene rings is 1. The molecule has 0 aliphatic carbocycles. The van der Waals surface area contributed by atoms with Crippen molar-refractivity contribution >= 4 is 22.0 Å². The summed E-state index contributed by atoms with van der Waals surface area (Å²) in [6.07, 6.45) is 3.37. The van der Waals surface area contributed by atoms with Crippen LogP contribution in [-0.4, -0.2) is 40.6 Å². The molecule has 0 bridgehead atoms. The molecule has 26 heavy (non-hydrogen) atoms. The average Bonchev–Trinajstić information content (AvgIpc) is 2.60. The van der Waals surface area contributed by atoms with Gasteiger partial charge in [0.1, 0.15) is 0 Å². The molecule has 0 aliphatic rings. The van der Waals surface area contributed by atoms with Crippen LogP contribution in [0.1, 0.15) is 25.3 Å². The summed E-state index contributed by atoms with van der Waals surface area (Å²) in [6.45, 7) is 3.52. The molecule has 0 fully saturated rings. The van der Waals surface area contributed by atoms with Crippen LogP contribution >= 0.6 is 0 Å². The van der Waals surface area contributed by atoms with Gasteiger partial charge in [0.2, 0.25) is 10.0 Å². The SMILES string of the molecule is COC(=O)CC[C@H](/C=C/[C@H](C)NS(=O)(=O)c1ccc(C)cc1)C(=O)OC. The van der Waals surface area contributed by atoms with Crippen molar-refractivity contribution in [3.05, 3.63) is 42.0 Å². The molecule has 1 aromatic rings. The van der Waals surface area contributed by atoms with Gasteiger partial charge in [0.05, 0.1) is 25.0 Å². The predicted molar refractivity (Wildman–Crippen MR) is 96.9 cm³/mol. The van der Waals surface area contributed by atoms with Crippen LogP contribution in [-0.2, 0) is 29.1 Å². The Morgan fingerprint density at radius 3 is 2.27 bits per heavy atom. The minimum atomic E-state index is -3.67. The topological polar surface area (TPSA) is 98.8 Å². The number of ether oxygens (including phenoxy) is 2. The zero-order chi connectivity index (χ0) is 19.7. The summed E-state index contributed by atoms with van der Waals surface area (Å²) >= 11 is 0. The van der Waals surface area contributed by atoms with Crippen molar-refractivity contribution in [2.45, 2.75) is 37.6 Å². The van der Waals surface area contributed by atoms with Gasteiger partial charge in [-0.1, -0.05) is 29.8 Å². The summed E-state index contributed by atoms with van der Waals surface area (Å²) in [4.78, 5) is 23.2. The van der Waals surface area contributed by atoms with Gasteiger partial charge in [-0.15, -0.1) is 0 Å². The van der Waals surface area contributed by atoms with Gasteiger partial charge in [-0.3, -0.25) is 9.59 Å². The first-order chi connectivity index (χ1) is 12.2. The Morgan fingerprint density at radius 1 is 1.12 bits per heavy atom. The number of methoxy groups -OCH3 is 2. The van der Waals surface area contributed by atoms with E-state index in [2.05, 4.69) is 9.46 Å². The zero-order valence-electron chi connectivity index (χ0n) is 15.4. The highest BCUT2D eigenvalue weighted by atomic mass is 32.2. The maximum atomic E-state index is 12.3. The molecular formula is C18H25NO6S. The third kappa shape index (κ3) is 6.97. The standard InChI is InChI=1S/C18H25NO6S/c1-13-5-10-16(11-6-13)26(22,23)19-14(2)7-8-15(18(21)25-4)9-12-17(20)24-3/h5-8,10-11,14-15,19H,9,12H2,1-4H3/b8-7+/t14-,15-/m0/s1. The Morgan fingerprint density at radius 2 is 1.73 bits per heavy atom. The highest BCUT2D eigenvalue weighted by Gasteiger charge is 2.19. The summed E-state index contributed by atoms with van der Waals surface area (Å²) in [5.74, 6) is -1.59. The van der Waals surface area contributed by atoms with Crippen molar-refractivity contribution in [1.82, 2.24) is 4.72 Å². The van der Waals surface area contributed by atoms with Gasteiger partial charge < -0.3 is 9.47 Å². The van der Waals surface area contributed by atoms with Crippen LogP contribution < -0.4 is 4.72 Å². The molecule has 144 valence electrons. The lowest BCUT2D eigenvalue weighted by Gasteiger charge is -2.13. The molecule has 0 amide bonds. The Balaban J connectivity index is 2.77. The molecule has 1 N–H and O–H groups in total. The van der Waals surface area contributed by atoms with Gasteiger partial charge in [0.15, 0.2) is 0 Å². The van der Waals surface area contributed by atoms with Crippen LogP contribution in [0, 0.1) is 12.8 Å². The molecule has 0 unspecified atom stereocenters. The van der Waals surface area contributed by atoms with Gasteiger partial charge in [-0.05, 0) is 32.4 Å². The third-order valence-corrected chi connectivity index (χ3v) is 5.27. The van der Waals surface area contributed by atoms with Gasteiger partial charge in [-0.2, -0.15) is 0 Å². The second-order valence-electron chi connectivity index (χ2n) is 5.85. The lowest BCUT2D eigenvalue weighted by atomic mass is 10.0. The molecule has 0 heterocycles. The number of nitrogens with one attached hydrogen (secondary N) is 1. The van der Waals surface area contributed by atoms with Crippen LogP contribution in [0.4, 0.5) is 0 Å². The highest BCUT2D eigenvalue weighted by molar-refractivity contribution is 7.89. The van der Waals surface area contributed by atoms with E-state index in [1.54, 1.807) is 25.1 Å². The Hall–Kier alpha value is -2.19. The van der Waals surface area contributed by atoms with E-state index in [0.717, 1.165) is 5.56 Å². The number of carbonyl (C=O) groups excluding carboxylic acids is 2. The Kier molecular flexibility index (Phi) is 8.47. The first-order valence-electron chi connectivity index (χ1n) is 8.11. The van der Waals surface area contributed by atoms with Crippen molar-refractivity contribution in [2.24, 2.45) is 5.92 Å². The molecule has 0 aliphatic heterocycles. The average molecular weight is 383 g/mol. The van der Waals surface area contributed by atoms with Gasteiger partial charge in [0.25, 0.3) is 0 Å². The Labute approximate surface area is 154 Å². The monoisotopic (exact) mass is 383 g/mol. The fourth-order valence-corrected chi connectivity index (χ4v) is 3.39. The molecule has 8 heteroatoms. The molecule has 0 saturated heterocycles. The van der Waals surface area contributed by atoms with Crippen molar-refractivity contribution in [1.29, 1.82) is 0 Å². The molecule has 0 spiro atoms. The second-order valence-corrected chi connectivity index (χ2v) is 7.57. The van der Waals surface area contributed by atoms with E-state index in [1.807, 2.05) is 6.92 Å². The van der Waals surface area contributed by atoms with Crippen molar-refractivity contribution in [3.63, 3.8) is 0 Å². The normalized spacial score (nSPS) is 14.0. The van der Waals surface area contributed by atoms with Crippen LogP contribution in [0.15, 0.2) is 41.3 Å². The number of esters is 2. The van der Waals surface area contributed by atoms with Crippen LogP contribution in [0.2, 0.25) is 0 Å². The maximum Gasteiger partial charge on any atom is 0.312 e. The van der Waals surface area contributed by atoms with Crippen LogP contribution in [0.25, 0.3) is 0 Å². The van der Waals surface area contributed by atoms with Gasteiger partial charge in [-0.25, -0.2) is 13.1 Å². The molecule has 0 aromatic heterocycles. The number of hydrogen-bond acceptors (Lipinski definition) is 6. The van der Waals surface area contributed by atoms with Crippen molar-refractivity contribution in [2.75, 3.05) is 14.2 Å². The number of rotatable bonds is 9. The van der Waals surface area contributed by atoms with E-state index in [0.29, 0.717) is 0 Å². The van der Waals surface area contributed by atoms with E-state index in [4.69, 9.17) is 4.74 Å². The summed E-state index contributed by atoms with van der Waals surface area (Å²) in [7, 11) is -1.15. The number of aryl methyl sites for hydroxylation is 1. The van der Waals surface area contributed by atoms with E-state index in [-0.39, 0.29) is 17.7 Å². The zero-order valence-corrected chi connectivity index (χ0v) is 16.2. The number of sulfonamides is 1. The summed E-state index contributed by atoms with van der Waals surface area (Å²) in [5, 5.41) is 0. The van der Waals surface area contributed by atoms with E-state index < -0.39 is 33.9 Å². The molecule has 2 atom stereocenters. The number of carbonyl (C=O) groups is 2. The predicted octanol–water partition coefficient (Wildman–Crippen LogP) is 1.96. The second kappa shape index (κ2) is 10.1. The lowest BCUT2D eigenvalue weighted by Crippen LogP contribution is -2.31. The van der Waals surface area contributed by atoms with E-state index in [9.17, 15) is 18.0 Å². The summed E-state index contributed by atoms with van der Waals surface area (Å²) in [6, 6.07) is 5.94. The summed E-state index contributed by atoms with van der Waals surface area (Å²) in [5.41, 5.74) is 0.962. The van der Waals surface area contributed by atoms with Gasteiger partial charge in [0, 0.05) is 12.5 Å². The van der Waals surface area contributed by atoms with E-state index in [1.165, 1.54) is 32.4 Å². The fraction of sp³-hybridized carbons (Fsp3) is 0.444. The largest absolute Gasteiger partial charge is 0.469 e. The molecule has 0 radical (unpaired) electrons. The summed E-state index contributed by atoms with van der Waals surface area (Å²) < 4.78 is 36.5. The molecular weight excluding hydrogens is 358 g/mol. The van der Waals surface area contributed by atoms with Crippen LogP contribution in [0.3, 0.4) is 0 Å². The van der Waals surface area contributed by atoms with Gasteiger partial charge >= 0.3 is 11.9 Å². The molecule has 0 saturated carbocycles. The molecule has 1 aromatic carbocycles. The minimum absolute atomic E-state index is 0.0596. The fourth-order valence-electron chi connectivity index (χ4n) is 2.19. The smallest absolute Gasteiger partial charge is 0.312 e. The molecule has 1 rings (SSSR count). The lowest BCUT2D eigenvalue weighted by molar-refractivity contribution is -0.145. The van der Waals surface area contributed by atoms with Crippen LogP contribution in [0.5, 0.6) is 0 Å². The highest BCUT2D eigenvalue weighted by Crippen LogP contribution is 2.14. The number of hydrogen-bond donors (Lipinski definition) is 1. The molecule has 7 nitrogen and oxygen atoms in total. The maximum absolute atomic E-state index is 12.3. The first-order valence-corrected chi connectivity index (χ1v) is 9.60. The minimum Gasteiger partial charge on any atom is -0.469 e. The quantitative estimate of drug-likeness (QED) is 0.517. The van der Waals surface area contributed by atoms with E-state index >= 15 is 0 Å². The van der Waals surface area contributed by atoms with Crippen molar-refractivity contribution in [3.8, 4) is 0 Å². The Bertz CT molecular complexity index is 739. The first kappa shape index (κ1) is 21.9.